The van der Waals surface area contributed by atoms with E-state index in [1.54, 1.807) is 54.7 Å². The van der Waals surface area contributed by atoms with E-state index in [2.05, 4.69) is 9.97 Å². The number of hydrogen-bond acceptors (Lipinski definition) is 6. The summed E-state index contributed by atoms with van der Waals surface area (Å²) >= 11 is 0. The zero-order valence-corrected chi connectivity index (χ0v) is 14.9. The summed E-state index contributed by atoms with van der Waals surface area (Å²) in [5.74, 6) is 0.164. The molecular formula is C22H16N2O4. The van der Waals surface area contributed by atoms with Gasteiger partial charge in [-0.3, -0.25) is 14.6 Å². The lowest BCUT2D eigenvalue weighted by molar-refractivity contribution is -0.134. The molecule has 0 aliphatic rings. The molecule has 0 bridgehead atoms. The maximum atomic E-state index is 12.1. The average Bonchev–Trinajstić information content (AvgIpc) is 3.17. The fourth-order valence-corrected chi connectivity index (χ4v) is 2.73. The minimum absolute atomic E-state index is 0.00134. The number of benzene rings is 2. The first-order chi connectivity index (χ1) is 13.7. The van der Waals surface area contributed by atoms with Crippen molar-refractivity contribution in [2.24, 2.45) is 0 Å². The number of nitrogens with zero attached hydrogens (tertiary/aromatic N) is 2. The summed E-state index contributed by atoms with van der Waals surface area (Å²) in [5, 5.41) is 0. The maximum absolute atomic E-state index is 12.1. The van der Waals surface area contributed by atoms with Crippen LogP contribution in [0.25, 0.3) is 22.7 Å². The van der Waals surface area contributed by atoms with Gasteiger partial charge in [0, 0.05) is 24.2 Å². The lowest BCUT2D eigenvalue weighted by atomic mass is 10.1. The molecule has 0 saturated heterocycles. The number of oxazole rings is 1. The Morgan fingerprint density at radius 3 is 2.54 bits per heavy atom. The monoisotopic (exact) mass is 372 g/mol. The van der Waals surface area contributed by atoms with Crippen LogP contribution >= 0.6 is 0 Å². The van der Waals surface area contributed by atoms with Crippen molar-refractivity contribution in [3.8, 4) is 17.3 Å². The third kappa shape index (κ3) is 3.96. The fraction of sp³-hybridized carbons (Fsp3) is 0.0909. The molecule has 0 radical (unpaired) electrons. The summed E-state index contributed by atoms with van der Waals surface area (Å²) in [6.45, 7) is 0. The van der Waals surface area contributed by atoms with Crippen molar-refractivity contribution in [2.45, 2.75) is 12.8 Å². The van der Waals surface area contributed by atoms with Crippen molar-refractivity contribution in [1.29, 1.82) is 0 Å². The number of Topliss-reactive ketones (excluding diaryl/α,β-unsaturated/α-hetero) is 1. The van der Waals surface area contributed by atoms with Crippen molar-refractivity contribution in [2.75, 3.05) is 0 Å². The van der Waals surface area contributed by atoms with Crippen LogP contribution in [0, 0.1) is 0 Å². The average molecular weight is 372 g/mol. The van der Waals surface area contributed by atoms with Gasteiger partial charge in [0.2, 0.25) is 5.89 Å². The van der Waals surface area contributed by atoms with Gasteiger partial charge in [0.1, 0.15) is 17.0 Å². The SMILES string of the molecule is O=C(CCC(=O)c1ccccc1)Oc1ccc2nc(-c3ccccn3)oc2c1. The zero-order valence-electron chi connectivity index (χ0n) is 14.9. The molecule has 0 unspecified atom stereocenters. The number of carbonyl (C=O) groups excluding carboxylic acids is 2. The number of ketones is 1. The molecule has 4 rings (SSSR count). The molecular weight excluding hydrogens is 356 g/mol. The van der Waals surface area contributed by atoms with E-state index in [-0.39, 0.29) is 18.6 Å². The van der Waals surface area contributed by atoms with Crippen LogP contribution in [0.15, 0.2) is 77.3 Å². The highest BCUT2D eigenvalue weighted by atomic mass is 16.5. The van der Waals surface area contributed by atoms with Crippen molar-refractivity contribution in [1.82, 2.24) is 9.97 Å². The highest BCUT2D eigenvalue weighted by molar-refractivity contribution is 5.97. The van der Waals surface area contributed by atoms with Gasteiger partial charge in [-0.2, -0.15) is 0 Å². The third-order valence-corrected chi connectivity index (χ3v) is 4.13. The number of hydrogen-bond donors (Lipinski definition) is 0. The standard InChI is InChI=1S/C22H16N2O4/c25-19(15-6-2-1-3-7-15)11-12-21(26)27-16-9-10-17-20(14-16)28-22(24-17)18-8-4-5-13-23-18/h1-10,13-14H,11-12H2. The first-order valence-corrected chi connectivity index (χ1v) is 8.80. The summed E-state index contributed by atoms with van der Waals surface area (Å²) in [6.07, 6.45) is 1.76. The highest BCUT2D eigenvalue weighted by Crippen LogP contribution is 2.26. The summed E-state index contributed by atoms with van der Waals surface area (Å²) in [6, 6.07) is 19.3. The van der Waals surface area contributed by atoms with Crippen molar-refractivity contribution < 1.29 is 18.7 Å². The topological polar surface area (TPSA) is 82.3 Å². The van der Waals surface area contributed by atoms with E-state index in [1.165, 1.54) is 0 Å². The van der Waals surface area contributed by atoms with E-state index in [9.17, 15) is 9.59 Å². The number of esters is 1. The summed E-state index contributed by atoms with van der Waals surface area (Å²) in [4.78, 5) is 32.7. The largest absolute Gasteiger partial charge is 0.435 e. The Morgan fingerprint density at radius 2 is 1.75 bits per heavy atom. The van der Waals surface area contributed by atoms with E-state index in [0.717, 1.165) is 0 Å². The number of aromatic nitrogens is 2. The van der Waals surface area contributed by atoms with Crippen LogP contribution in [0.2, 0.25) is 0 Å². The Hall–Kier alpha value is -3.80. The quantitative estimate of drug-likeness (QED) is 0.282. The van der Waals surface area contributed by atoms with E-state index in [1.807, 2.05) is 18.2 Å². The van der Waals surface area contributed by atoms with E-state index >= 15 is 0 Å². The molecule has 2 heterocycles. The molecule has 2 aromatic carbocycles. The second kappa shape index (κ2) is 7.84. The summed E-state index contributed by atoms with van der Waals surface area (Å²) < 4.78 is 11.0. The maximum Gasteiger partial charge on any atom is 0.311 e. The Labute approximate surface area is 160 Å². The minimum Gasteiger partial charge on any atom is -0.435 e. The first-order valence-electron chi connectivity index (χ1n) is 8.80. The molecule has 0 aliphatic heterocycles. The second-order valence-electron chi connectivity index (χ2n) is 6.13. The predicted molar refractivity (Wildman–Crippen MR) is 103 cm³/mol. The molecule has 6 nitrogen and oxygen atoms in total. The number of pyridine rings is 1. The molecule has 0 N–H and O–H groups in total. The minimum atomic E-state index is -0.479. The van der Waals surface area contributed by atoms with Gasteiger partial charge in [-0.1, -0.05) is 36.4 Å². The molecule has 0 amide bonds. The predicted octanol–water partition coefficient (Wildman–Crippen LogP) is 4.46. The van der Waals surface area contributed by atoms with Crippen LogP contribution in [-0.2, 0) is 4.79 Å². The van der Waals surface area contributed by atoms with Gasteiger partial charge >= 0.3 is 5.97 Å². The normalized spacial score (nSPS) is 10.7. The molecule has 0 aliphatic carbocycles. The van der Waals surface area contributed by atoms with Crippen LogP contribution in [0.5, 0.6) is 5.75 Å². The molecule has 0 fully saturated rings. The van der Waals surface area contributed by atoms with Gasteiger partial charge < -0.3 is 9.15 Å². The molecule has 2 aromatic heterocycles. The van der Waals surface area contributed by atoms with E-state index in [4.69, 9.17) is 9.15 Å². The summed E-state index contributed by atoms with van der Waals surface area (Å²) in [7, 11) is 0. The number of ether oxygens (including phenoxy) is 1. The molecule has 28 heavy (non-hydrogen) atoms. The molecule has 0 atom stereocenters. The molecule has 138 valence electrons. The molecule has 6 heteroatoms. The lowest BCUT2D eigenvalue weighted by Gasteiger charge is -2.04. The zero-order chi connectivity index (χ0) is 19.3. The number of carbonyl (C=O) groups is 2. The Kier molecular flexibility index (Phi) is 4.93. The fourth-order valence-electron chi connectivity index (χ4n) is 2.73. The van der Waals surface area contributed by atoms with E-state index < -0.39 is 5.97 Å². The number of fused-ring (bicyclic) bond motifs is 1. The lowest BCUT2D eigenvalue weighted by Crippen LogP contribution is -2.10. The van der Waals surface area contributed by atoms with Crippen molar-refractivity contribution >= 4 is 22.9 Å². The van der Waals surface area contributed by atoms with Crippen LogP contribution in [0.3, 0.4) is 0 Å². The third-order valence-electron chi connectivity index (χ3n) is 4.13. The van der Waals surface area contributed by atoms with Crippen LogP contribution in [0.4, 0.5) is 0 Å². The van der Waals surface area contributed by atoms with Gasteiger partial charge in [0.05, 0.1) is 6.42 Å². The molecule has 4 aromatic rings. The van der Waals surface area contributed by atoms with Crippen molar-refractivity contribution in [3.63, 3.8) is 0 Å². The smallest absolute Gasteiger partial charge is 0.311 e. The van der Waals surface area contributed by atoms with Gasteiger partial charge in [0.25, 0.3) is 0 Å². The van der Waals surface area contributed by atoms with Gasteiger partial charge in [-0.05, 0) is 24.3 Å². The number of rotatable bonds is 6. The van der Waals surface area contributed by atoms with Crippen molar-refractivity contribution in [3.05, 3.63) is 78.5 Å². The Balaban J connectivity index is 1.41. The van der Waals surface area contributed by atoms with Gasteiger partial charge in [-0.25, -0.2) is 4.98 Å². The van der Waals surface area contributed by atoms with Crippen LogP contribution in [0.1, 0.15) is 23.2 Å². The Morgan fingerprint density at radius 1 is 0.929 bits per heavy atom. The van der Waals surface area contributed by atoms with Crippen LogP contribution in [-0.4, -0.2) is 21.7 Å². The van der Waals surface area contributed by atoms with Gasteiger partial charge in [0.15, 0.2) is 11.4 Å². The summed E-state index contributed by atoms with van der Waals surface area (Å²) in [5.41, 5.74) is 2.34. The second-order valence-corrected chi connectivity index (χ2v) is 6.13. The first kappa shape index (κ1) is 17.6. The Bertz CT molecular complexity index is 1120. The van der Waals surface area contributed by atoms with E-state index in [0.29, 0.717) is 34.0 Å². The van der Waals surface area contributed by atoms with Crippen LogP contribution < -0.4 is 4.74 Å². The van der Waals surface area contributed by atoms with Gasteiger partial charge in [-0.15, -0.1) is 0 Å². The molecule has 0 saturated carbocycles. The highest BCUT2D eigenvalue weighted by Gasteiger charge is 2.13. The molecule has 0 spiro atoms.